The molecule has 0 bridgehead atoms. The van der Waals surface area contributed by atoms with Crippen molar-refractivity contribution in [3.8, 4) is 5.75 Å². The summed E-state index contributed by atoms with van der Waals surface area (Å²) in [5, 5.41) is 7.17. The third kappa shape index (κ3) is 3.26. The summed E-state index contributed by atoms with van der Waals surface area (Å²) in [6.07, 6.45) is 1.78. The first-order valence-corrected chi connectivity index (χ1v) is 7.36. The van der Waals surface area contributed by atoms with Crippen LogP contribution in [0.2, 0.25) is 0 Å². The number of ether oxygens (including phenoxy) is 1. The van der Waals surface area contributed by atoms with Crippen LogP contribution in [0.5, 0.6) is 5.75 Å². The highest BCUT2D eigenvalue weighted by atomic mass is 79.9. The molecule has 1 aromatic carbocycles. The van der Waals surface area contributed by atoms with Gasteiger partial charge in [-0.05, 0) is 32.0 Å². The van der Waals surface area contributed by atoms with E-state index in [0.29, 0.717) is 11.3 Å². The zero-order valence-electron chi connectivity index (χ0n) is 12.5. The largest absolute Gasteiger partial charge is 0.496 e. The first-order valence-electron chi connectivity index (χ1n) is 6.57. The predicted octanol–water partition coefficient (Wildman–Crippen LogP) is 2.99. The number of nitrogens with zero attached hydrogens (tertiary/aromatic N) is 2. The molecule has 1 N–H and O–H groups in total. The average Bonchev–Trinajstić information content (AvgIpc) is 2.78. The van der Waals surface area contributed by atoms with Crippen LogP contribution in [0.3, 0.4) is 0 Å². The minimum Gasteiger partial charge on any atom is -0.496 e. The normalized spacial score (nSPS) is 12.0. The highest BCUT2D eigenvalue weighted by Crippen LogP contribution is 2.24. The Morgan fingerprint density at radius 1 is 1.48 bits per heavy atom. The van der Waals surface area contributed by atoms with Crippen LogP contribution >= 0.6 is 15.9 Å². The van der Waals surface area contributed by atoms with Crippen LogP contribution in [0.25, 0.3) is 0 Å². The Kier molecular flexibility index (Phi) is 4.67. The Morgan fingerprint density at radius 3 is 2.76 bits per heavy atom. The van der Waals surface area contributed by atoms with Crippen molar-refractivity contribution in [2.24, 2.45) is 7.05 Å². The second-order valence-corrected chi connectivity index (χ2v) is 5.76. The van der Waals surface area contributed by atoms with Gasteiger partial charge in [0.15, 0.2) is 0 Å². The van der Waals surface area contributed by atoms with Crippen molar-refractivity contribution >= 4 is 21.8 Å². The van der Waals surface area contributed by atoms with Crippen molar-refractivity contribution in [3.05, 3.63) is 45.7 Å². The fourth-order valence-electron chi connectivity index (χ4n) is 2.15. The molecule has 1 unspecified atom stereocenters. The van der Waals surface area contributed by atoms with Crippen molar-refractivity contribution in [1.82, 2.24) is 15.1 Å². The monoisotopic (exact) mass is 351 g/mol. The maximum atomic E-state index is 12.4. The van der Waals surface area contributed by atoms with E-state index in [4.69, 9.17) is 4.74 Å². The molecule has 2 aromatic rings. The SMILES string of the molecule is COc1cc(Br)ccc1C(=O)NC(C)c1cnn(C)c1C. The van der Waals surface area contributed by atoms with Gasteiger partial charge in [-0.2, -0.15) is 5.10 Å². The molecule has 0 aliphatic heterocycles. The van der Waals surface area contributed by atoms with E-state index >= 15 is 0 Å². The number of aromatic nitrogens is 2. The lowest BCUT2D eigenvalue weighted by Gasteiger charge is -2.15. The number of methoxy groups -OCH3 is 1. The Hall–Kier alpha value is -1.82. The summed E-state index contributed by atoms with van der Waals surface area (Å²) in [5.41, 5.74) is 2.54. The van der Waals surface area contributed by atoms with Crippen molar-refractivity contribution in [1.29, 1.82) is 0 Å². The maximum Gasteiger partial charge on any atom is 0.255 e. The van der Waals surface area contributed by atoms with Crippen LogP contribution in [-0.2, 0) is 7.05 Å². The fraction of sp³-hybridized carbons (Fsp3) is 0.333. The molecule has 2 rings (SSSR count). The van der Waals surface area contributed by atoms with Gasteiger partial charge in [-0.25, -0.2) is 0 Å². The van der Waals surface area contributed by atoms with Gasteiger partial charge in [-0.1, -0.05) is 15.9 Å². The zero-order chi connectivity index (χ0) is 15.6. The summed E-state index contributed by atoms with van der Waals surface area (Å²) in [7, 11) is 3.43. The van der Waals surface area contributed by atoms with Gasteiger partial charge in [0.2, 0.25) is 0 Å². The van der Waals surface area contributed by atoms with Gasteiger partial charge in [-0.15, -0.1) is 0 Å². The molecule has 0 aliphatic carbocycles. The van der Waals surface area contributed by atoms with Crippen LogP contribution in [-0.4, -0.2) is 22.8 Å². The van der Waals surface area contributed by atoms with Crippen LogP contribution in [0, 0.1) is 6.92 Å². The molecule has 1 heterocycles. The number of rotatable bonds is 4. The Morgan fingerprint density at radius 2 is 2.19 bits per heavy atom. The number of carbonyl (C=O) groups excluding carboxylic acids is 1. The van der Waals surface area contributed by atoms with Gasteiger partial charge < -0.3 is 10.1 Å². The Balaban J connectivity index is 2.20. The van der Waals surface area contributed by atoms with E-state index in [2.05, 4.69) is 26.3 Å². The van der Waals surface area contributed by atoms with E-state index in [9.17, 15) is 4.79 Å². The molecule has 0 aliphatic rings. The standard InChI is InChI=1S/C15H18BrN3O2/c1-9(13-8-17-19(3)10(13)2)18-15(20)12-6-5-11(16)7-14(12)21-4/h5-9H,1-4H3,(H,18,20). The van der Waals surface area contributed by atoms with E-state index < -0.39 is 0 Å². The molecule has 21 heavy (non-hydrogen) atoms. The molecular weight excluding hydrogens is 334 g/mol. The molecular formula is C15H18BrN3O2. The number of hydrogen-bond acceptors (Lipinski definition) is 3. The van der Waals surface area contributed by atoms with Crippen LogP contribution in [0.15, 0.2) is 28.9 Å². The van der Waals surface area contributed by atoms with Gasteiger partial charge in [0, 0.05) is 22.8 Å². The summed E-state index contributed by atoms with van der Waals surface area (Å²) in [4.78, 5) is 12.4. The minimum atomic E-state index is -0.171. The number of benzene rings is 1. The van der Waals surface area contributed by atoms with Gasteiger partial charge in [0.1, 0.15) is 5.75 Å². The van der Waals surface area contributed by atoms with Crippen molar-refractivity contribution in [3.63, 3.8) is 0 Å². The second kappa shape index (κ2) is 6.30. The number of hydrogen-bond donors (Lipinski definition) is 1. The number of nitrogens with one attached hydrogen (secondary N) is 1. The Bertz CT molecular complexity index is 667. The third-order valence-corrected chi connectivity index (χ3v) is 3.99. The van der Waals surface area contributed by atoms with Gasteiger partial charge in [0.25, 0.3) is 5.91 Å². The molecule has 0 saturated carbocycles. The minimum absolute atomic E-state index is 0.125. The van der Waals surface area contributed by atoms with Crippen molar-refractivity contribution in [2.75, 3.05) is 7.11 Å². The van der Waals surface area contributed by atoms with E-state index in [0.717, 1.165) is 15.7 Å². The van der Waals surface area contributed by atoms with Gasteiger partial charge in [0.05, 0.1) is 24.9 Å². The van der Waals surface area contributed by atoms with Crippen molar-refractivity contribution < 1.29 is 9.53 Å². The van der Waals surface area contributed by atoms with Crippen LogP contribution < -0.4 is 10.1 Å². The summed E-state index contributed by atoms with van der Waals surface area (Å²) in [5.74, 6) is 0.368. The molecule has 5 nitrogen and oxygen atoms in total. The molecule has 1 aromatic heterocycles. The van der Waals surface area contributed by atoms with Crippen LogP contribution in [0.1, 0.15) is 34.6 Å². The molecule has 6 heteroatoms. The summed E-state index contributed by atoms with van der Waals surface area (Å²) < 4.78 is 7.91. The number of carbonyl (C=O) groups is 1. The molecule has 0 radical (unpaired) electrons. The average molecular weight is 352 g/mol. The summed E-state index contributed by atoms with van der Waals surface area (Å²) in [6.45, 7) is 3.92. The first-order chi connectivity index (χ1) is 9.93. The second-order valence-electron chi connectivity index (χ2n) is 4.85. The molecule has 0 spiro atoms. The lowest BCUT2D eigenvalue weighted by molar-refractivity contribution is 0.0936. The molecule has 0 fully saturated rings. The van der Waals surface area contributed by atoms with Crippen LogP contribution in [0.4, 0.5) is 0 Å². The lowest BCUT2D eigenvalue weighted by Crippen LogP contribution is -2.27. The molecule has 0 saturated heterocycles. The van der Waals surface area contributed by atoms with E-state index in [1.54, 1.807) is 30.1 Å². The first kappa shape index (κ1) is 15.6. The topological polar surface area (TPSA) is 56.1 Å². The predicted molar refractivity (Wildman–Crippen MR) is 84.5 cm³/mol. The lowest BCUT2D eigenvalue weighted by atomic mass is 10.1. The quantitative estimate of drug-likeness (QED) is 0.920. The molecule has 1 amide bonds. The third-order valence-electron chi connectivity index (χ3n) is 3.50. The highest BCUT2D eigenvalue weighted by molar-refractivity contribution is 9.10. The number of aryl methyl sites for hydroxylation is 1. The number of halogens is 1. The highest BCUT2D eigenvalue weighted by Gasteiger charge is 2.18. The molecule has 1 atom stereocenters. The van der Waals surface area contributed by atoms with Gasteiger partial charge in [-0.3, -0.25) is 9.48 Å². The molecule has 112 valence electrons. The summed E-state index contributed by atoms with van der Waals surface area (Å²) >= 11 is 3.36. The maximum absolute atomic E-state index is 12.4. The smallest absolute Gasteiger partial charge is 0.255 e. The van der Waals surface area contributed by atoms with E-state index in [1.165, 1.54) is 0 Å². The van der Waals surface area contributed by atoms with Crippen molar-refractivity contribution in [2.45, 2.75) is 19.9 Å². The van der Waals surface area contributed by atoms with E-state index in [-0.39, 0.29) is 11.9 Å². The Labute approximate surface area is 132 Å². The summed E-state index contributed by atoms with van der Waals surface area (Å²) in [6, 6.07) is 5.20. The van der Waals surface area contributed by atoms with E-state index in [1.807, 2.05) is 27.0 Å². The number of amides is 1. The fourth-order valence-corrected chi connectivity index (χ4v) is 2.49. The zero-order valence-corrected chi connectivity index (χ0v) is 14.1. The van der Waals surface area contributed by atoms with Gasteiger partial charge >= 0.3 is 0 Å².